The maximum Gasteiger partial charge on any atom is 0.313 e. The van der Waals surface area contributed by atoms with Crippen molar-refractivity contribution in [3.8, 4) is 0 Å². The maximum atomic E-state index is 10.4. The van der Waals surface area contributed by atoms with Crippen LogP contribution in [0.2, 0.25) is 0 Å². The number of nitrogens with two attached hydrogens (primary N) is 1. The van der Waals surface area contributed by atoms with Gasteiger partial charge in [-0.25, -0.2) is 9.97 Å². The van der Waals surface area contributed by atoms with Crippen molar-refractivity contribution in [1.82, 2.24) is 9.97 Å². The molecule has 0 aliphatic heterocycles. The van der Waals surface area contributed by atoms with Gasteiger partial charge in [0, 0.05) is 5.39 Å². The lowest BCUT2D eigenvalue weighted by Gasteiger charge is -2.04. The second-order valence-electron chi connectivity index (χ2n) is 3.43. The molecule has 2 aromatic rings. The van der Waals surface area contributed by atoms with Crippen molar-refractivity contribution in [2.24, 2.45) is 0 Å². The Morgan fingerprint density at radius 3 is 2.88 bits per heavy atom. The first kappa shape index (κ1) is 11.7. The Labute approximate surface area is 102 Å². The fourth-order valence-electron chi connectivity index (χ4n) is 1.45. The number of benzene rings is 1. The van der Waals surface area contributed by atoms with Gasteiger partial charge in [-0.05, 0) is 12.1 Å². The molecule has 0 saturated heterocycles. The predicted octanol–water partition coefficient (Wildman–Crippen LogP) is 1.53. The summed E-state index contributed by atoms with van der Waals surface area (Å²) in [5.41, 5.74) is 6.60. The standard InChI is InChI=1S/C11H11N3O2S/c12-11-7-3-1-2-4-8(7)13-9(14-11)5-17-6-10(15)16/h1-4H,5-6H2,(H,15,16)(H2,12,13,14). The zero-order valence-corrected chi connectivity index (χ0v) is 9.78. The zero-order valence-electron chi connectivity index (χ0n) is 8.96. The number of rotatable bonds is 4. The van der Waals surface area contributed by atoms with Gasteiger partial charge in [-0.15, -0.1) is 11.8 Å². The lowest BCUT2D eigenvalue weighted by molar-refractivity contribution is -0.133. The summed E-state index contributed by atoms with van der Waals surface area (Å²) in [5.74, 6) is 0.634. The van der Waals surface area contributed by atoms with Crippen molar-refractivity contribution < 1.29 is 9.90 Å². The van der Waals surface area contributed by atoms with Crippen LogP contribution in [0.1, 0.15) is 5.82 Å². The molecule has 3 N–H and O–H groups in total. The molecule has 0 aliphatic carbocycles. The summed E-state index contributed by atoms with van der Waals surface area (Å²) in [6, 6.07) is 7.47. The summed E-state index contributed by atoms with van der Waals surface area (Å²) < 4.78 is 0. The Bertz CT molecular complexity index is 559. The molecule has 0 spiro atoms. The van der Waals surface area contributed by atoms with Crippen molar-refractivity contribution in [3.05, 3.63) is 30.1 Å². The fourth-order valence-corrected chi connectivity index (χ4v) is 2.03. The van der Waals surface area contributed by atoms with E-state index in [4.69, 9.17) is 10.8 Å². The minimum atomic E-state index is -0.844. The lowest BCUT2D eigenvalue weighted by atomic mass is 10.2. The molecule has 88 valence electrons. The number of nitrogen functional groups attached to an aromatic ring is 1. The van der Waals surface area contributed by atoms with Gasteiger partial charge in [0.2, 0.25) is 0 Å². The predicted molar refractivity (Wildman–Crippen MR) is 67.7 cm³/mol. The molecule has 2 rings (SSSR count). The second-order valence-corrected chi connectivity index (χ2v) is 4.41. The van der Waals surface area contributed by atoms with Crippen LogP contribution < -0.4 is 5.73 Å². The van der Waals surface area contributed by atoms with Gasteiger partial charge in [-0.1, -0.05) is 12.1 Å². The van der Waals surface area contributed by atoms with E-state index >= 15 is 0 Å². The highest BCUT2D eigenvalue weighted by Gasteiger charge is 2.05. The zero-order chi connectivity index (χ0) is 12.3. The third-order valence-electron chi connectivity index (χ3n) is 2.14. The van der Waals surface area contributed by atoms with Crippen molar-refractivity contribution in [3.63, 3.8) is 0 Å². The Balaban J connectivity index is 2.21. The lowest BCUT2D eigenvalue weighted by Crippen LogP contribution is -2.02. The van der Waals surface area contributed by atoms with Crippen LogP contribution >= 0.6 is 11.8 Å². The third-order valence-corrected chi connectivity index (χ3v) is 3.05. The molecular weight excluding hydrogens is 238 g/mol. The van der Waals surface area contributed by atoms with Crippen LogP contribution in [0.3, 0.4) is 0 Å². The molecule has 0 unspecified atom stereocenters. The number of para-hydroxylation sites is 1. The number of carboxylic acid groups (broad SMARTS) is 1. The first-order chi connectivity index (χ1) is 8.16. The Hall–Kier alpha value is -1.82. The van der Waals surface area contributed by atoms with E-state index in [1.807, 2.05) is 24.3 Å². The summed E-state index contributed by atoms with van der Waals surface area (Å²) in [6.07, 6.45) is 0. The highest BCUT2D eigenvalue weighted by Crippen LogP contribution is 2.19. The summed E-state index contributed by atoms with van der Waals surface area (Å²) in [4.78, 5) is 18.9. The van der Waals surface area contributed by atoms with E-state index < -0.39 is 5.97 Å². The van der Waals surface area contributed by atoms with E-state index in [2.05, 4.69) is 9.97 Å². The number of hydrogen-bond donors (Lipinski definition) is 2. The van der Waals surface area contributed by atoms with Crippen molar-refractivity contribution >= 4 is 34.5 Å². The topological polar surface area (TPSA) is 89.1 Å². The molecular formula is C11H11N3O2S. The maximum absolute atomic E-state index is 10.4. The van der Waals surface area contributed by atoms with Gasteiger partial charge in [-0.3, -0.25) is 4.79 Å². The van der Waals surface area contributed by atoms with E-state index in [-0.39, 0.29) is 5.75 Å². The third kappa shape index (κ3) is 2.85. The van der Waals surface area contributed by atoms with Crippen molar-refractivity contribution in [2.75, 3.05) is 11.5 Å². The van der Waals surface area contributed by atoms with Crippen molar-refractivity contribution in [1.29, 1.82) is 0 Å². The number of fused-ring (bicyclic) bond motifs is 1. The fraction of sp³-hybridized carbons (Fsp3) is 0.182. The summed E-state index contributed by atoms with van der Waals surface area (Å²) in [6.45, 7) is 0. The number of aliphatic carboxylic acids is 1. The molecule has 0 fully saturated rings. The van der Waals surface area contributed by atoms with Crippen LogP contribution in [0.15, 0.2) is 24.3 Å². The van der Waals surface area contributed by atoms with Gasteiger partial charge in [-0.2, -0.15) is 0 Å². The van der Waals surface area contributed by atoms with Gasteiger partial charge in [0.05, 0.1) is 17.0 Å². The van der Waals surface area contributed by atoms with Crippen LogP contribution in [-0.2, 0) is 10.5 Å². The van der Waals surface area contributed by atoms with E-state index in [1.165, 1.54) is 11.8 Å². The molecule has 0 bridgehead atoms. The number of aromatic nitrogens is 2. The average molecular weight is 249 g/mol. The van der Waals surface area contributed by atoms with Gasteiger partial charge >= 0.3 is 5.97 Å². The SMILES string of the molecule is Nc1nc(CSCC(=O)O)nc2ccccc12. The highest BCUT2D eigenvalue weighted by atomic mass is 32.2. The number of nitrogens with zero attached hydrogens (tertiary/aromatic N) is 2. The van der Waals surface area contributed by atoms with Crippen molar-refractivity contribution in [2.45, 2.75) is 5.75 Å². The number of hydrogen-bond acceptors (Lipinski definition) is 5. The molecule has 6 heteroatoms. The Morgan fingerprint density at radius 2 is 2.12 bits per heavy atom. The molecule has 0 radical (unpaired) electrons. The van der Waals surface area contributed by atoms with Gasteiger partial charge < -0.3 is 10.8 Å². The molecule has 17 heavy (non-hydrogen) atoms. The quantitative estimate of drug-likeness (QED) is 0.854. The minimum absolute atomic E-state index is 0.0378. The number of carbonyl (C=O) groups is 1. The van der Waals surface area contributed by atoms with Gasteiger partial charge in [0.15, 0.2) is 0 Å². The summed E-state index contributed by atoms with van der Waals surface area (Å²) in [5, 5.41) is 9.35. The normalized spacial score (nSPS) is 10.6. The van der Waals surface area contributed by atoms with Gasteiger partial charge in [0.25, 0.3) is 0 Å². The molecule has 1 heterocycles. The minimum Gasteiger partial charge on any atom is -0.481 e. The molecule has 0 atom stereocenters. The number of thioether (sulfide) groups is 1. The molecule has 1 aromatic carbocycles. The van der Waals surface area contributed by atoms with E-state index in [0.717, 1.165) is 10.9 Å². The van der Waals surface area contributed by atoms with E-state index in [9.17, 15) is 4.79 Å². The van der Waals surface area contributed by atoms with Crippen LogP contribution in [0.4, 0.5) is 5.82 Å². The number of carboxylic acids is 1. The molecule has 0 amide bonds. The van der Waals surface area contributed by atoms with Gasteiger partial charge in [0.1, 0.15) is 11.6 Å². The first-order valence-corrected chi connectivity index (χ1v) is 6.13. The smallest absolute Gasteiger partial charge is 0.313 e. The van der Waals surface area contributed by atoms with E-state index in [0.29, 0.717) is 17.4 Å². The first-order valence-electron chi connectivity index (χ1n) is 4.97. The van der Waals surface area contributed by atoms with Crippen LogP contribution in [0.25, 0.3) is 10.9 Å². The number of anilines is 1. The highest BCUT2D eigenvalue weighted by molar-refractivity contribution is 7.99. The molecule has 0 aliphatic rings. The average Bonchev–Trinajstić information content (AvgIpc) is 2.28. The summed E-state index contributed by atoms with van der Waals surface area (Å²) in [7, 11) is 0. The molecule has 0 saturated carbocycles. The summed E-state index contributed by atoms with van der Waals surface area (Å²) >= 11 is 1.25. The van der Waals surface area contributed by atoms with Crippen LogP contribution in [0, 0.1) is 0 Å². The molecule has 5 nitrogen and oxygen atoms in total. The molecule has 1 aromatic heterocycles. The Kier molecular flexibility index (Phi) is 3.43. The Morgan fingerprint density at radius 1 is 1.35 bits per heavy atom. The largest absolute Gasteiger partial charge is 0.481 e. The van der Waals surface area contributed by atoms with E-state index in [1.54, 1.807) is 0 Å². The van der Waals surface area contributed by atoms with Crippen LogP contribution in [0.5, 0.6) is 0 Å². The second kappa shape index (κ2) is 5.01. The monoisotopic (exact) mass is 249 g/mol. The van der Waals surface area contributed by atoms with Crippen LogP contribution in [-0.4, -0.2) is 26.8 Å².